The summed E-state index contributed by atoms with van der Waals surface area (Å²) in [6.07, 6.45) is 1.55. The smallest absolute Gasteiger partial charge is 0.251 e. The highest BCUT2D eigenvalue weighted by molar-refractivity contribution is 6.30. The first kappa shape index (κ1) is 12.4. The van der Waals surface area contributed by atoms with Crippen LogP contribution in [0.4, 0.5) is 0 Å². The molecule has 0 N–H and O–H groups in total. The Hall–Kier alpha value is -1.06. The number of amides is 1. The zero-order chi connectivity index (χ0) is 12.3. The van der Waals surface area contributed by atoms with Crippen molar-refractivity contribution in [3.05, 3.63) is 34.9 Å². The number of hydrogen-bond donors (Lipinski definition) is 0. The summed E-state index contributed by atoms with van der Waals surface area (Å²) in [5.74, 6) is 0.0578. The molecule has 2 rings (SSSR count). The molecule has 1 heterocycles. The first-order chi connectivity index (χ1) is 8.16. The average Bonchev–Trinajstić information content (AvgIpc) is 2.81. The van der Waals surface area contributed by atoms with Crippen molar-refractivity contribution in [2.24, 2.45) is 0 Å². The predicted molar refractivity (Wildman–Crippen MR) is 66.9 cm³/mol. The minimum Gasteiger partial charge on any atom is -0.368 e. The zero-order valence-electron chi connectivity index (χ0n) is 9.86. The molecule has 1 aromatic rings. The molecule has 1 unspecified atom stereocenters. The highest BCUT2D eigenvalue weighted by Crippen LogP contribution is 2.16. The van der Waals surface area contributed by atoms with Gasteiger partial charge in [0.1, 0.15) is 6.10 Å². The summed E-state index contributed by atoms with van der Waals surface area (Å²) in [6, 6.07) is 7.56. The number of carbonyl (C=O) groups excluding carboxylic acids is 1. The van der Waals surface area contributed by atoms with E-state index in [0.717, 1.165) is 18.4 Å². The van der Waals surface area contributed by atoms with Crippen LogP contribution in [-0.4, -0.2) is 30.6 Å². The summed E-state index contributed by atoms with van der Waals surface area (Å²) in [6.45, 7) is 1.26. The van der Waals surface area contributed by atoms with Gasteiger partial charge in [0.15, 0.2) is 0 Å². The third-order valence-corrected chi connectivity index (χ3v) is 3.13. The molecule has 0 spiro atoms. The molecular formula is C13H16ClNO2. The Morgan fingerprint density at radius 2 is 2.41 bits per heavy atom. The Bertz CT molecular complexity index is 402. The van der Waals surface area contributed by atoms with E-state index >= 15 is 0 Å². The highest BCUT2D eigenvalue weighted by Gasteiger charge is 2.26. The minimum atomic E-state index is -0.251. The lowest BCUT2D eigenvalue weighted by Gasteiger charge is -2.20. The lowest BCUT2D eigenvalue weighted by atomic mass is 10.2. The maximum atomic E-state index is 12.0. The molecule has 1 fully saturated rings. The molecule has 1 aliphatic rings. The molecule has 1 atom stereocenters. The minimum absolute atomic E-state index is 0.0578. The van der Waals surface area contributed by atoms with Gasteiger partial charge in [-0.25, -0.2) is 0 Å². The van der Waals surface area contributed by atoms with Crippen molar-refractivity contribution in [2.45, 2.75) is 25.5 Å². The van der Waals surface area contributed by atoms with Gasteiger partial charge in [-0.15, -0.1) is 0 Å². The lowest BCUT2D eigenvalue weighted by Crippen LogP contribution is -2.35. The van der Waals surface area contributed by atoms with E-state index in [1.54, 1.807) is 11.9 Å². The number of rotatable bonds is 3. The van der Waals surface area contributed by atoms with Crippen molar-refractivity contribution in [3.63, 3.8) is 0 Å². The molecule has 3 nitrogen and oxygen atoms in total. The van der Waals surface area contributed by atoms with E-state index in [9.17, 15) is 4.79 Å². The highest BCUT2D eigenvalue weighted by atomic mass is 35.5. The van der Waals surface area contributed by atoms with Crippen LogP contribution in [0.1, 0.15) is 18.4 Å². The quantitative estimate of drug-likeness (QED) is 0.828. The molecule has 17 heavy (non-hydrogen) atoms. The Balaban J connectivity index is 1.96. The van der Waals surface area contributed by atoms with E-state index in [4.69, 9.17) is 16.3 Å². The molecule has 0 radical (unpaired) electrons. The maximum absolute atomic E-state index is 12.0. The van der Waals surface area contributed by atoms with Crippen molar-refractivity contribution in [1.82, 2.24) is 4.90 Å². The Morgan fingerprint density at radius 3 is 3.06 bits per heavy atom. The first-order valence-electron chi connectivity index (χ1n) is 5.78. The fourth-order valence-corrected chi connectivity index (χ4v) is 2.22. The van der Waals surface area contributed by atoms with E-state index in [0.29, 0.717) is 18.2 Å². The van der Waals surface area contributed by atoms with Crippen LogP contribution in [0.15, 0.2) is 24.3 Å². The molecule has 0 saturated carbocycles. The molecule has 4 heteroatoms. The van der Waals surface area contributed by atoms with Crippen molar-refractivity contribution in [3.8, 4) is 0 Å². The zero-order valence-corrected chi connectivity index (χ0v) is 10.6. The van der Waals surface area contributed by atoms with Crippen LogP contribution >= 0.6 is 11.6 Å². The number of carbonyl (C=O) groups is 1. The number of likely N-dealkylation sites (N-methyl/N-ethyl adjacent to an activating group) is 1. The molecule has 1 aliphatic heterocycles. The molecule has 0 aromatic heterocycles. The van der Waals surface area contributed by atoms with Gasteiger partial charge in [0, 0.05) is 25.2 Å². The lowest BCUT2D eigenvalue weighted by molar-refractivity contribution is -0.140. The molecule has 0 bridgehead atoms. The third kappa shape index (κ3) is 3.20. The second kappa shape index (κ2) is 5.52. The predicted octanol–water partition coefficient (Wildman–Crippen LogP) is 2.48. The van der Waals surface area contributed by atoms with Crippen LogP contribution in [0.25, 0.3) is 0 Å². The second-order valence-electron chi connectivity index (χ2n) is 4.33. The maximum Gasteiger partial charge on any atom is 0.251 e. The summed E-state index contributed by atoms with van der Waals surface area (Å²) in [5, 5.41) is 0.695. The Kier molecular flexibility index (Phi) is 4.02. The van der Waals surface area contributed by atoms with Crippen molar-refractivity contribution in [1.29, 1.82) is 0 Å². The van der Waals surface area contributed by atoms with Gasteiger partial charge < -0.3 is 9.64 Å². The van der Waals surface area contributed by atoms with E-state index < -0.39 is 0 Å². The van der Waals surface area contributed by atoms with E-state index in [1.165, 1.54) is 0 Å². The fourth-order valence-electron chi connectivity index (χ4n) is 2.01. The van der Waals surface area contributed by atoms with Crippen LogP contribution in [0.5, 0.6) is 0 Å². The molecular weight excluding hydrogens is 238 g/mol. The average molecular weight is 254 g/mol. The van der Waals surface area contributed by atoms with Crippen LogP contribution in [0.3, 0.4) is 0 Å². The molecule has 1 aromatic carbocycles. The summed E-state index contributed by atoms with van der Waals surface area (Å²) < 4.78 is 5.38. The van der Waals surface area contributed by atoms with Crippen molar-refractivity contribution >= 4 is 17.5 Å². The van der Waals surface area contributed by atoms with Crippen molar-refractivity contribution in [2.75, 3.05) is 13.7 Å². The normalized spacial score (nSPS) is 19.3. The van der Waals surface area contributed by atoms with Gasteiger partial charge in [0.2, 0.25) is 0 Å². The molecule has 92 valence electrons. The molecule has 1 amide bonds. The summed E-state index contributed by atoms with van der Waals surface area (Å²) in [4.78, 5) is 13.7. The van der Waals surface area contributed by atoms with Crippen LogP contribution in [-0.2, 0) is 16.1 Å². The van der Waals surface area contributed by atoms with Crippen molar-refractivity contribution < 1.29 is 9.53 Å². The van der Waals surface area contributed by atoms with Gasteiger partial charge in [0.25, 0.3) is 5.91 Å². The van der Waals surface area contributed by atoms with Gasteiger partial charge in [-0.1, -0.05) is 23.7 Å². The second-order valence-corrected chi connectivity index (χ2v) is 4.76. The van der Waals surface area contributed by atoms with Gasteiger partial charge in [-0.05, 0) is 30.5 Å². The van der Waals surface area contributed by atoms with Crippen LogP contribution in [0, 0.1) is 0 Å². The molecule has 1 saturated heterocycles. The van der Waals surface area contributed by atoms with Crippen LogP contribution in [0.2, 0.25) is 5.02 Å². The summed E-state index contributed by atoms with van der Waals surface area (Å²) >= 11 is 5.91. The van der Waals surface area contributed by atoms with Gasteiger partial charge in [0.05, 0.1) is 0 Å². The SMILES string of the molecule is CN(Cc1cccc(Cl)c1)C(=O)C1CCCO1. The monoisotopic (exact) mass is 253 g/mol. The first-order valence-corrected chi connectivity index (χ1v) is 6.15. The van der Waals surface area contributed by atoms with Gasteiger partial charge >= 0.3 is 0 Å². The number of benzene rings is 1. The summed E-state index contributed by atoms with van der Waals surface area (Å²) in [5.41, 5.74) is 1.03. The number of ether oxygens (including phenoxy) is 1. The Labute approximate surface area is 106 Å². The standard InChI is InChI=1S/C13H16ClNO2/c1-15(13(16)12-6-3-7-17-12)9-10-4-2-5-11(14)8-10/h2,4-5,8,12H,3,6-7,9H2,1H3. The van der Waals surface area contributed by atoms with Gasteiger partial charge in [-0.3, -0.25) is 4.79 Å². The van der Waals surface area contributed by atoms with Crippen LogP contribution < -0.4 is 0 Å². The largest absolute Gasteiger partial charge is 0.368 e. The van der Waals surface area contributed by atoms with E-state index in [2.05, 4.69) is 0 Å². The van der Waals surface area contributed by atoms with E-state index in [1.807, 2.05) is 24.3 Å². The number of halogens is 1. The fraction of sp³-hybridized carbons (Fsp3) is 0.462. The summed E-state index contributed by atoms with van der Waals surface area (Å²) in [7, 11) is 1.80. The topological polar surface area (TPSA) is 29.5 Å². The van der Waals surface area contributed by atoms with Gasteiger partial charge in [-0.2, -0.15) is 0 Å². The molecule has 0 aliphatic carbocycles. The number of nitrogens with zero attached hydrogens (tertiary/aromatic N) is 1. The third-order valence-electron chi connectivity index (χ3n) is 2.89. The number of hydrogen-bond acceptors (Lipinski definition) is 2. The Morgan fingerprint density at radius 1 is 1.59 bits per heavy atom. The van der Waals surface area contributed by atoms with E-state index in [-0.39, 0.29) is 12.0 Å².